The summed E-state index contributed by atoms with van der Waals surface area (Å²) in [5, 5.41) is 0. The lowest BCUT2D eigenvalue weighted by Crippen LogP contribution is -2.53. The minimum atomic E-state index is 0.255. The number of hydrogen-bond donors (Lipinski definition) is 0. The van der Waals surface area contributed by atoms with Gasteiger partial charge in [-0.05, 0) is 35.9 Å². The van der Waals surface area contributed by atoms with E-state index in [0.717, 1.165) is 64.7 Å². The van der Waals surface area contributed by atoms with Gasteiger partial charge >= 0.3 is 0 Å². The van der Waals surface area contributed by atoms with Crippen LogP contribution in [0.3, 0.4) is 0 Å². The van der Waals surface area contributed by atoms with Gasteiger partial charge in [0, 0.05) is 77.0 Å². The molecule has 0 N–H and O–H groups in total. The third kappa shape index (κ3) is 5.29. The van der Waals surface area contributed by atoms with Crippen molar-refractivity contribution in [3.8, 4) is 5.75 Å². The number of aromatic nitrogens is 1. The van der Waals surface area contributed by atoms with Crippen molar-refractivity contribution in [2.75, 3.05) is 70.9 Å². The number of pyridine rings is 1. The molecule has 0 unspecified atom stereocenters. The molecule has 2 aromatic rings. The number of anilines is 1. The average Bonchev–Trinajstić information content (AvgIpc) is 2.81. The van der Waals surface area contributed by atoms with Crippen LogP contribution in [0.15, 0.2) is 48.8 Å². The molecule has 0 bridgehead atoms. The Morgan fingerprint density at radius 1 is 0.933 bits per heavy atom. The van der Waals surface area contributed by atoms with E-state index < -0.39 is 0 Å². The van der Waals surface area contributed by atoms with Gasteiger partial charge in [-0.1, -0.05) is 6.07 Å². The highest BCUT2D eigenvalue weighted by Gasteiger charge is 2.25. The Balaban J connectivity index is 1.19. The topological polar surface area (TPSA) is 52.2 Å². The predicted molar refractivity (Wildman–Crippen MR) is 118 cm³/mol. The lowest BCUT2D eigenvalue weighted by molar-refractivity contribution is -0.133. The maximum atomic E-state index is 12.8. The zero-order valence-electron chi connectivity index (χ0n) is 17.7. The number of hydrogen-bond acceptors (Lipinski definition) is 6. The van der Waals surface area contributed by atoms with E-state index in [1.165, 1.54) is 11.3 Å². The van der Waals surface area contributed by atoms with Crippen molar-refractivity contribution in [1.82, 2.24) is 19.7 Å². The zero-order chi connectivity index (χ0) is 20.8. The molecule has 7 heteroatoms. The molecule has 1 aromatic heterocycles. The van der Waals surface area contributed by atoms with Crippen LogP contribution in [0.25, 0.3) is 0 Å². The fourth-order valence-electron chi connectivity index (χ4n) is 4.15. The maximum Gasteiger partial charge on any atom is 0.236 e. The average molecular weight is 410 g/mol. The van der Waals surface area contributed by atoms with Gasteiger partial charge in [0.05, 0.1) is 13.7 Å². The van der Waals surface area contributed by atoms with Crippen LogP contribution in [0.2, 0.25) is 0 Å². The van der Waals surface area contributed by atoms with E-state index in [9.17, 15) is 4.79 Å². The Bertz CT molecular complexity index is 798. The quantitative estimate of drug-likeness (QED) is 0.722. The molecular weight excluding hydrogens is 378 g/mol. The summed E-state index contributed by atoms with van der Waals surface area (Å²) in [6.45, 7) is 8.65. The van der Waals surface area contributed by atoms with Gasteiger partial charge in [-0.2, -0.15) is 0 Å². The van der Waals surface area contributed by atoms with Crippen molar-refractivity contribution in [2.24, 2.45) is 0 Å². The van der Waals surface area contributed by atoms with E-state index >= 15 is 0 Å². The Morgan fingerprint density at radius 3 is 2.27 bits per heavy atom. The Kier molecular flexibility index (Phi) is 6.81. The SMILES string of the molecule is COc1ccc(N2CCN(C(=O)CN3CCN(Cc4cccnc4)CC3)CC2)cc1. The normalized spacial score (nSPS) is 18.4. The molecule has 0 aliphatic carbocycles. The summed E-state index contributed by atoms with van der Waals surface area (Å²) in [4.78, 5) is 26.1. The maximum absolute atomic E-state index is 12.8. The highest BCUT2D eigenvalue weighted by molar-refractivity contribution is 5.78. The highest BCUT2D eigenvalue weighted by atomic mass is 16.5. The smallest absolute Gasteiger partial charge is 0.236 e. The van der Waals surface area contributed by atoms with Gasteiger partial charge < -0.3 is 14.5 Å². The van der Waals surface area contributed by atoms with E-state index in [-0.39, 0.29) is 5.91 Å². The molecule has 160 valence electrons. The first kappa shape index (κ1) is 20.6. The highest BCUT2D eigenvalue weighted by Crippen LogP contribution is 2.20. The van der Waals surface area contributed by atoms with E-state index in [4.69, 9.17) is 4.74 Å². The molecule has 2 fully saturated rings. The van der Waals surface area contributed by atoms with Crippen LogP contribution >= 0.6 is 0 Å². The van der Waals surface area contributed by atoms with E-state index in [1.807, 2.05) is 35.5 Å². The molecule has 3 heterocycles. The van der Waals surface area contributed by atoms with Crippen LogP contribution < -0.4 is 9.64 Å². The van der Waals surface area contributed by atoms with Crippen molar-refractivity contribution in [1.29, 1.82) is 0 Å². The van der Waals surface area contributed by atoms with Gasteiger partial charge in [0.15, 0.2) is 0 Å². The molecule has 7 nitrogen and oxygen atoms in total. The second-order valence-electron chi connectivity index (χ2n) is 7.98. The van der Waals surface area contributed by atoms with Gasteiger partial charge in [0.1, 0.15) is 5.75 Å². The minimum absolute atomic E-state index is 0.255. The van der Waals surface area contributed by atoms with Gasteiger partial charge in [0.2, 0.25) is 5.91 Å². The first-order valence-corrected chi connectivity index (χ1v) is 10.7. The monoisotopic (exact) mass is 409 g/mol. The second kappa shape index (κ2) is 9.91. The number of ether oxygens (including phenoxy) is 1. The number of methoxy groups -OCH3 is 1. The molecule has 4 rings (SSSR count). The summed E-state index contributed by atoms with van der Waals surface area (Å²) in [6, 6.07) is 12.2. The standard InChI is InChI=1S/C23H31N5O2/c1-30-22-6-4-21(5-7-22)27-13-15-28(16-14-27)23(29)19-26-11-9-25(10-12-26)18-20-3-2-8-24-17-20/h2-8,17H,9-16,18-19H2,1H3. The van der Waals surface area contributed by atoms with Crippen LogP contribution in [0.4, 0.5) is 5.69 Å². The van der Waals surface area contributed by atoms with Gasteiger partial charge in [-0.25, -0.2) is 0 Å². The molecule has 2 saturated heterocycles. The van der Waals surface area contributed by atoms with Gasteiger partial charge in [-0.15, -0.1) is 0 Å². The minimum Gasteiger partial charge on any atom is -0.497 e. The van der Waals surface area contributed by atoms with Crippen LogP contribution in [0, 0.1) is 0 Å². The first-order valence-electron chi connectivity index (χ1n) is 10.7. The summed E-state index contributed by atoms with van der Waals surface area (Å²) in [7, 11) is 1.68. The van der Waals surface area contributed by atoms with Crippen LogP contribution in [0.5, 0.6) is 5.75 Å². The van der Waals surface area contributed by atoms with Gasteiger partial charge in [0.25, 0.3) is 0 Å². The summed E-state index contributed by atoms with van der Waals surface area (Å²) < 4.78 is 5.23. The molecule has 1 aromatic carbocycles. The Morgan fingerprint density at radius 2 is 1.63 bits per heavy atom. The van der Waals surface area contributed by atoms with Gasteiger partial charge in [-0.3, -0.25) is 19.6 Å². The molecule has 0 atom stereocenters. The number of nitrogens with zero attached hydrogens (tertiary/aromatic N) is 5. The van der Waals surface area contributed by atoms with Crippen molar-refractivity contribution in [3.05, 3.63) is 54.4 Å². The Labute approximate surface area is 178 Å². The van der Waals surface area contributed by atoms with Crippen molar-refractivity contribution in [2.45, 2.75) is 6.54 Å². The van der Waals surface area contributed by atoms with Crippen LogP contribution in [-0.4, -0.2) is 91.6 Å². The number of rotatable bonds is 6. The predicted octanol–water partition coefficient (Wildman–Crippen LogP) is 1.56. The van der Waals surface area contributed by atoms with Crippen molar-refractivity contribution in [3.63, 3.8) is 0 Å². The molecule has 1 amide bonds. The van der Waals surface area contributed by atoms with Crippen LogP contribution in [-0.2, 0) is 11.3 Å². The molecule has 0 saturated carbocycles. The number of benzene rings is 1. The number of carbonyl (C=O) groups excluding carboxylic acids is 1. The molecule has 30 heavy (non-hydrogen) atoms. The third-order valence-electron chi connectivity index (χ3n) is 6.02. The van der Waals surface area contributed by atoms with E-state index in [0.29, 0.717) is 6.54 Å². The zero-order valence-corrected chi connectivity index (χ0v) is 17.7. The molecule has 0 radical (unpaired) electrons. The molecule has 0 spiro atoms. The van der Waals surface area contributed by atoms with E-state index in [2.05, 4.69) is 37.9 Å². The molecule has 2 aliphatic heterocycles. The number of amides is 1. The number of carbonyl (C=O) groups is 1. The summed E-state index contributed by atoms with van der Waals surface area (Å²) >= 11 is 0. The molecule has 2 aliphatic rings. The third-order valence-corrected chi connectivity index (χ3v) is 6.02. The fourth-order valence-corrected chi connectivity index (χ4v) is 4.15. The largest absolute Gasteiger partial charge is 0.497 e. The summed E-state index contributed by atoms with van der Waals surface area (Å²) in [5.74, 6) is 1.12. The lowest BCUT2D eigenvalue weighted by Gasteiger charge is -2.38. The summed E-state index contributed by atoms with van der Waals surface area (Å²) in [6.07, 6.45) is 3.74. The van der Waals surface area contributed by atoms with Crippen LogP contribution in [0.1, 0.15) is 5.56 Å². The lowest BCUT2D eigenvalue weighted by atomic mass is 10.2. The number of piperazine rings is 2. The fraction of sp³-hybridized carbons (Fsp3) is 0.478. The first-order chi connectivity index (χ1) is 14.7. The molecular formula is C23H31N5O2. The second-order valence-corrected chi connectivity index (χ2v) is 7.98. The Hall–Kier alpha value is -2.64. The van der Waals surface area contributed by atoms with Crippen molar-refractivity contribution >= 4 is 11.6 Å². The summed E-state index contributed by atoms with van der Waals surface area (Å²) in [5.41, 5.74) is 2.43. The van der Waals surface area contributed by atoms with E-state index in [1.54, 1.807) is 7.11 Å². The van der Waals surface area contributed by atoms with Crippen molar-refractivity contribution < 1.29 is 9.53 Å².